The fourth-order valence-corrected chi connectivity index (χ4v) is 3.45. The van der Waals surface area contributed by atoms with Crippen molar-refractivity contribution < 1.29 is 9.21 Å². The highest BCUT2D eigenvalue weighted by Gasteiger charge is 2.14. The lowest BCUT2D eigenvalue weighted by Crippen LogP contribution is -2.12. The lowest BCUT2D eigenvalue weighted by Gasteiger charge is -2.10. The Morgan fingerprint density at radius 3 is 2.53 bits per heavy atom. The van der Waals surface area contributed by atoms with Gasteiger partial charge in [0.25, 0.3) is 5.91 Å². The first-order valence-corrected chi connectivity index (χ1v) is 10.4. The Labute approximate surface area is 184 Å². The van der Waals surface area contributed by atoms with Crippen molar-refractivity contribution in [3.8, 4) is 11.5 Å². The van der Waals surface area contributed by atoms with Crippen LogP contribution in [0.25, 0.3) is 22.6 Å². The molecule has 1 aromatic heterocycles. The van der Waals surface area contributed by atoms with E-state index in [1.807, 2.05) is 37.3 Å². The molecular formula is C24H20Cl2N2O2. The maximum atomic E-state index is 12.7. The van der Waals surface area contributed by atoms with Crippen LogP contribution in [-0.4, -0.2) is 10.9 Å². The fraction of sp³-hybridized carbons (Fsp3) is 0.167. The zero-order valence-electron chi connectivity index (χ0n) is 16.8. The maximum Gasteiger partial charge on any atom is 0.255 e. The number of amides is 1. The molecule has 0 saturated heterocycles. The van der Waals surface area contributed by atoms with Gasteiger partial charge in [-0.1, -0.05) is 49.2 Å². The molecule has 0 aliphatic carbocycles. The van der Waals surface area contributed by atoms with Gasteiger partial charge in [-0.25, -0.2) is 4.98 Å². The predicted octanol–water partition coefficient (Wildman–Crippen LogP) is 7.49. The lowest BCUT2D eigenvalue weighted by molar-refractivity contribution is 0.102. The van der Waals surface area contributed by atoms with Gasteiger partial charge in [-0.15, -0.1) is 0 Å². The Bertz CT molecular complexity index is 1260. The number of halogens is 2. The second-order valence-corrected chi connectivity index (χ2v) is 8.33. The molecule has 0 saturated carbocycles. The molecule has 0 bridgehead atoms. The number of rotatable bonds is 4. The van der Waals surface area contributed by atoms with Crippen LogP contribution in [-0.2, 0) is 0 Å². The number of aromatic nitrogens is 1. The number of aryl methyl sites for hydroxylation is 1. The van der Waals surface area contributed by atoms with Gasteiger partial charge in [0.15, 0.2) is 5.58 Å². The van der Waals surface area contributed by atoms with Gasteiger partial charge in [0.2, 0.25) is 5.89 Å². The van der Waals surface area contributed by atoms with Gasteiger partial charge in [-0.2, -0.15) is 0 Å². The molecule has 0 atom stereocenters. The summed E-state index contributed by atoms with van der Waals surface area (Å²) in [4.78, 5) is 17.3. The van der Waals surface area contributed by atoms with Crippen LogP contribution < -0.4 is 5.32 Å². The normalized spacial score (nSPS) is 11.3. The minimum Gasteiger partial charge on any atom is -0.436 e. The Balaban J connectivity index is 1.65. The van der Waals surface area contributed by atoms with E-state index in [1.165, 1.54) is 5.56 Å². The van der Waals surface area contributed by atoms with E-state index in [2.05, 4.69) is 30.2 Å². The van der Waals surface area contributed by atoms with E-state index in [0.29, 0.717) is 33.1 Å². The van der Waals surface area contributed by atoms with Crippen molar-refractivity contribution in [3.63, 3.8) is 0 Å². The number of carbonyl (C=O) groups excluding carboxylic acids is 1. The van der Waals surface area contributed by atoms with Crippen molar-refractivity contribution >= 4 is 45.9 Å². The smallest absolute Gasteiger partial charge is 0.255 e. The summed E-state index contributed by atoms with van der Waals surface area (Å²) in [6.07, 6.45) is 0. The Morgan fingerprint density at radius 2 is 1.80 bits per heavy atom. The predicted molar refractivity (Wildman–Crippen MR) is 123 cm³/mol. The first-order chi connectivity index (χ1) is 14.3. The molecule has 0 fully saturated rings. The highest BCUT2D eigenvalue weighted by atomic mass is 35.5. The van der Waals surface area contributed by atoms with Crippen LogP contribution in [0.4, 0.5) is 5.69 Å². The molecule has 4 aromatic rings. The molecule has 0 aliphatic heterocycles. The summed E-state index contributed by atoms with van der Waals surface area (Å²) in [6.45, 7) is 6.21. The largest absolute Gasteiger partial charge is 0.436 e. The van der Waals surface area contributed by atoms with E-state index in [0.717, 1.165) is 22.2 Å². The van der Waals surface area contributed by atoms with Gasteiger partial charge >= 0.3 is 0 Å². The molecule has 152 valence electrons. The molecule has 6 heteroatoms. The van der Waals surface area contributed by atoms with Crippen LogP contribution >= 0.6 is 23.2 Å². The second-order valence-electron chi connectivity index (χ2n) is 7.51. The van der Waals surface area contributed by atoms with Crippen LogP contribution in [0.5, 0.6) is 0 Å². The highest BCUT2D eigenvalue weighted by Crippen LogP contribution is 2.30. The average molecular weight is 439 g/mol. The van der Waals surface area contributed by atoms with E-state index in [1.54, 1.807) is 18.2 Å². The molecule has 0 radical (unpaired) electrons. The summed E-state index contributed by atoms with van der Waals surface area (Å²) in [6, 6.07) is 16.6. The summed E-state index contributed by atoms with van der Waals surface area (Å²) in [5, 5.41) is 3.67. The van der Waals surface area contributed by atoms with Gasteiger partial charge < -0.3 is 9.73 Å². The molecule has 0 unspecified atom stereocenters. The minimum atomic E-state index is -0.270. The molecule has 3 aromatic carbocycles. The zero-order chi connectivity index (χ0) is 21.4. The van der Waals surface area contributed by atoms with Gasteiger partial charge in [0.1, 0.15) is 5.52 Å². The van der Waals surface area contributed by atoms with Crippen molar-refractivity contribution in [2.24, 2.45) is 0 Å². The third-order valence-electron chi connectivity index (χ3n) is 4.99. The van der Waals surface area contributed by atoms with Crippen molar-refractivity contribution in [1.29, 1.82) is 0 Å². The van der Waals surface area contributed by atoms with E-state index in [4.69, 9.17) is 27.6 Å². The van der Waals surface area contributed by atoms with Crippen LogP contribution in [0.2, 0.25) is 10.0 Å². The molecular weight excluding hydrogens is 419 g/mol. The van der Waals surface area contributed by atoms with Crippen LogP contribution in [0.3, 0.4) is 0 Å². The van der Waals surface area contributed by atoms with E-state index in [9.17, 15) is 4.79 Å². The number of hydrogen-bond acceptors (Lipinski definition) is 3. The number of anilines is 1. The van der Waals surface area contributed by atoms with E-state index in [-0.39, 0.29) is 5.91 Å². The van der Waals surface area contributed by atoms with E-state index >= 15 is 0 Å². The Hall–Kier alpha value is -2.82. The number of carbonyl (C=O) groups is 1. The van der Waals surface area contributed by atoms with Crippen molar-refractivity contribution in [2.45, 2.75) is 26.7 Å². The van der Waals surface area contributed by atoms with Gasteiger partial charge in [0.05, 0.1) is 10.0 Å². The topological polar surface area (TPSA) is 55.1 Å². The standard InChI is InChI=1S/C24H20Cl2N2O2/c1-13(2)15-7-9-22-21(11-15)28-24(30-22)17-5-4-14(3)20(12-17)27-23(29)16-6-8-18(25)19(26)10-16/h4-13H,1-3H3,(H,27,29). The Morgan fingerprint density at radius 1 is 1.00 bits per heavy atom. The number of benzene rings is 3. The van der Waals surface area contributed by atoms with Gasteiger partial charge in [-0.05, 0) is 66.4 Å². The van der Waals surface area contributed by atoms with Crippen LogP contribution in [0.15, 0.2) is 59.0 Å². The monoisotopic (exact) mass is 438 g/mol. The number of nitrogens with one attached hydrogen (secondary N) is 1. The first-order valence-electron chi connectivity index (χ1n) is 9.60. The lowest BCUT2D eigenvalue weighted by atomic mass is 10.0. The summed E-state index contributed by atoms with van der Waals surface area (Å²) < 4.78 is 5.95. The average Bonchev–Trinajstić information content (AvgIpc) is 3.14. The summed E-state index contributed by atoms with van der Waals surface area (Å²) in [7, 11) is 0. The number of oxazole rings is 1. The first kappa shape index (κ1) is 20.5. The molecule has 30 heavy (non-hydrogen) atoms. The van der Waals surface area contributed by atoms with Crippen molar-refractivity contribution in [1.82, 2.24) is 4.98 Å². The number of nitrogens with zero attached hydrogens (tertiary/aromatic N) is 1. The quantitative estimate of drug-likeness (QED) is 0.359. The minimum absolute atomic E-state index is 0.270. The zero-order valence-corrected chi connectivity index (χ0v) is 18.3. The molecule has 4 rings (SSSR count). The molecule has 1 heterocycles. The van der Waals surface area contributed by atoms with Crippen molar-refractivity contribution in [3.05, 3.63) is 81.3 Å². The highest BCUT2D eigenvalue weighted by molar-refractivity contribution is 6.42. The molecule has 0 aliphatic rings. The molecule has 1 N–H and O–H groups in total. The number of hydrogen-bond donors (Lipinski definition) is 1. The third-order valence-corrected chi connectivity index (χ3v) is 5.73. The molecule has 1 amide bonds. The maximum absolute atomic E-state index is 12.7. The van der Waals surface area contributed by atoms with Crippen LogP contribution in [0, 0.1) is 6.92 Å². The van der Waals surface area contributed by atoms with Crippen molar-refractivity contribution in [2.75, 3.05) is 5.32 Å². The van der Waals surface area contributed by atoms with Gasteiger partial charge in [-0.3, -0.25) is 4.79 Å². The Kier molecular flexibility index (Phi) is 5.54. The van der Waals surface area contributed by atoms with E-state index < -0.39 is 0 Å². The molecule has 0 spiro atoms. The second kappa shape index (κ2) is 8.13. The van der Waals surface area contributed by atoms with Gasteiger partial charge in [0, 0.05) is 16.8 Å². The fourth-order valence-electron chi connectivity index (χ4n) is 3.15. The molecule has 4 nitrogen and oxygen atoms in total. The van der Waals surface area contributed by atoms with Crippen LogP contribution in [0.1, 0.15) is 41.3 Å². The number of fused-ring (bicyclic) bond motifs is 1. The summed E-state index contributed by atoms with van der Waals surface area (Å²) in [5.41, 5.74) is 5.57. The summed E-state index contributed by atoms with van der Waals surface area (Å²) in [5.74, 6) is 0.654. The summed E-state index contributed by atoms with van der Waals surface area (Å²) >= 11 is 12.0. The SMILES string of the molecule is Cc1ccc(-c2nc3cc(C(C)C)ccc3o2)cc1NC(=O)c1ccc(Cl)c(Cl)c1. The third kappa shape index (κ3) is 4.07.